The standard InChI is InChI=1S/C21H21FN2O4S2/c1-3-28-19(25)13-17-20(14-8-7-9-15(22)12-14)24-21(29-17)23-16-10-5-6-11-18(16)30(26,27)4-2/h5-12H,3-4,13H2,1-2H3,(H,23,24). The first-order chi connectivity index (χ1) is 14.3. The highest BCUT2D eigenvalue weighted by Crippen LogP contribution is 2.35. The third-order valence-electron chi connectivity index (χ3n) is 4.25. The molecule has 0 unspecified atom stereocenters. The summed E-state index contributed by atoms with van der Waals surface area (Å²) in [5.74, 6) is -0.873. The van der Waals surface area contributed by atoms with E-state index in [0.29, 0.717) is 27.0 Å². The first kappa shape index (κ1) is 21.9. The molecule has 0 bridgehead atoms. The first-order valence-corrected chi connectivity index (χ1v) is 11.8. The van der Waals surface area contributed by atoms with Crippen molar-refractivity contribution < 1.29 is 22.3 Å². The number of ether oxygens (including phenoxy) is 1. The van der Waals surface area contributed by atoms with Crippen molar-refractivity contribution in [3.63, 3.8) is 0 Å². The van der Waals surface area contributed by atoms with Gasteiger partial charge in [0.15, 0.2) is 15.0 Å². The van der Waals surface area contributed by atoms with Crippen LogP contribution in [0.25, 0.3) is 11.3 Å². The Kier molecular flexibility index (Phi) is 6.84. The molecule has 0 saturated carbocycles. The molecule has 0 aliphatic heterocycles. The summed E-state index contributed by atoms with van der Waals surface area (Å²) in [6.45, 7) is 3.55. The summed E-state index contributed by atoms with van der Waals surface area (Å²) in [5.41, 5.74) is 1.36. The van der Waals surface area contributed by atoms with Gasteiger partial charge in [-0.15, -0.1) is 11.3 Å². The third-order valence-corrected chi connectivity index (χ3v) is 7.01. The number of anilines is 2. The number of carbonyl (C=O) groups excluding carboxylic acids is 1. The molecule has 158 valence electrons. The Morgan fingerprint density at radius 2 is 1.93 bits per heavy atom. The fourth-order valence-electron chi connectivity index (χ4n) is 2.84. The summed E-state index contributed by atoms with van der Waals surface area (Å²) in [6, 6.07) is 12.5. The molecule has 9 heteroatoms. The summed E-state index contributed by atoms with van der Waals surface area (Å²) in [5, 5.41) is 3.44. The highest BCUT2D eigenvalue weighted by atomic mass is 32.2. The molecule has 0 aliphatic rings. The van der Waals surface area contributed by atoms with Crippen molar-refractivity contribution in [3.05, 3.63) is 59.2 Å². The predicted molar refractivity (Wildman–Crippen MR) is 115 cm³/mol. The lowest BCUT2D eigenvalue weighted by Crippen LogP contribution is -2.07. The number of para-hydroxylation sites is 1. The van der Waals surface area contributed by atoms with Crippen LogP contribution in [-0.2, 0) is 25.8 Å². The Morgan fingerprint density at radius 3 is 2.63 bits per heavy atom. The molecule has 1 N–H and O–H groups in total. The van der Waals surface area contributed by atoms with Gasteiger partial charge in [0.2, 0.25) is 0 Å². The van der Waals surface area contributed by atoms with Crippen LogP contribution in [0.3, 0.4) is 0 Å². The number of hydrogen-bond acceptors (Lipinski definition) is 7. The van der Waals surface area contributed by atoms with Crippen LogP contribution in [0, 0.1) is 5.82 Å². The van der Waals surface area contributed by atoms with Gasteiger partial charge in [-0.2, -0.15) is 0 Å². The van der Waals surface area contributed by atoms with Crippen molar-refractivity contribution in [1.82, 2.24) is 4.98 Å². The molecule has 3 aromatic rings. The molecule has 2 aromatic carbocycles. The molecule has 0 radical (unpaired) electrons. The van der Waals surface area contributed by atoms with Crippen molar-refractivity contribution >= 4 is 38.0 Å². The number of nitrogens with zero attached hydrogens (tertiary/aromatic N) is 1. The zero-order valence-electron chi connectivity index (χ0n) is 16.5. The van der Waals surface area contributed by atoms with E-state index >= 15 is 0 Å². The number of nitrogens with one attached hydrogen (secondary N) is 1. The van der Waals surface area contributed by atoms with Crippen LogP contribution in [0.15, 0.2) is 53.4 Å². The molecule has 1 aromatic heterocycles. The van der Waals surface area contributed by atoms with E-state index in [1.54, 1.807) is 44.2 Å². The van der Waals surface area contributed by atoms with Gasteiger partial charge in [-0.25, -0.2) is 17.8 Å². The summed E-state index contributed by atoms with van der Waals surface area (Å²) >= 11 is 1.20. The van der Waals surface area contributed by atoms with Crippen molar-refractivity contribution in [2.45, 2.75) is 25.2 Å². The maximum Gasteiger partial charge on any atom is 0.311 e. The minimum Gasteiger partial charge on any atom is -0.466 e. The van der Waals surface area contributed by atoms with E-state index in [0.717, 1.165) is 0 Å². The molecule has 6 nitrogen and oxygen atoms in total. The van der Waals surface area contributed by atoms with Crippen molar-refractivity contribution in [3.8, 4) is 11.3 Å². The zero-order valence-corrected chi connectivity index (χ0v) is 18.1. The summed E-state index contributed by atoms with van der Waals surface area (Å²) < 4.78 is 43.6. The fraction of sp³-hybridized carbons (Fsp3) is 0.238. The van der Waals surface area contributed by atoms with E-state index in [2.05, 4.69) is 10.3 Å². The van der Waals surface area contributed by atoms with Gasteiger partial charge < -0.3 is 10.1 Å². The van der Waals surface area contributed by atoms with E-state index in [9.17, 15) is 17.6 Å². The Hall–Kier alpha value is -2.78. The minimum atomic E-state index is -3.45. The van der Waals surface area contributed by atoms with Gasteiger partial charge in [0.1, 0.15) is 5.82 Å². The Morgan fingerprint density at radius 1 is 1.17 bits per heavy atom. The highest BCUT2D eigenvalue weighted by molar-refractivity contribution is 7.91. The molecule has 3 rings (SSSR count). The molecule has 1 heterocycles. The minimum absolute atomic E-state index is 0.0199. The Balaban J connectivity index is 2.02. The predicted octanol–water partition coefficient (Wildman–Crippen LogP) is 4.59. The zero-order chi connectivity index (χ0) is 21.7. The van der Waals surface area contributed by atoms with Crippen molar-refractivity contribution in [1.29, 1.82) is 0 Å². The lowest BCUT2D eigenvalue weighted by atomic mass is 10.1. The maximum atomic E-state index is 13.7. The first-order valence-electron chi connectivity index (χ1n) is 9.34. The van der Waals surface area contributed by atoms with Gasteiger partial charge in [-0.3, -0.25) is 4.79 Å². The lowest BCUT2D eigenvalue weighted by molar-refractivity contribution is -0.142. The van der Waals surface area contributed by atoms with Gasteiger partial charge in [0, 0.05) is 10.4 Å². The smallest absolute Gasteiger partial charge is 0.311 e. The summed E-state index contributed by atoms with van der Waals surface area (Å²) in [6.07, 6.45) is -0.0199. The van der Waals surface area contributed by atoms with Gasteiger partial charge in [-0.1, -0.05) is 31.2 Å². The largest absolute Gasteiger partial charge is 0.466 e. The number of rotatable bonds is 8. The van der Waals surface area contributed by atoms with E-state index in [1.807, 2.05) is 0 Å². The molecule has 0 atom stereocenters. The molecule has 0 amide bonds. The normalized spacial score (nSPS) is 11.3. The van der Waals surface area contributed by atoms with Crippen LogP contribution in [-0.4, -0.2) is 31.7 Å². The second kappa shape index (κ2) is 9.36. The third kappa shape index (κ3) is 5.03. The number of sulfone groups is 1. The fourth-order valence-corrected chi connectivity index (χ4v) is 4.87. The van der Waals surface area contributed by atoms with Gasteiger partial charge in [0.25, 0.3) is 0 Å². The Bertz CT molecular complexity index is 1160. The average molecular weight is 449 g/mol. The average Bonchev–Trinajstić information content (AvgIpc) is 3.10. The molecular weight excluding hydrogens is 427 g/mol. The van der Waals surface area contributed by atoms with E-state index < -0.39 is 21.6 Å². The van der Waals surface area contributed by atoms with Crippen LogP contribution in [0.4, 0.5) is 15.2 Å². The van der Waals surface area contributed by atoms with E-state index in [1.165, 1.54) is 29.5 Å². The van der Waals surface area contributed by atoms with Gasteiger partial charge >= 0.3 is 5.97 Å². The van der Waals surface area contributed by atoms with Crippen LogP contribution < -0.4 is 5.32 Å². The van der Waals surface area contributed by atoms with E-state index in [4.69, 9.17) is 4.74 Å². The Labute approximate surface area is 178 Å². The van der Waals surface area contributed by atoms with E-state index in [-0.39, 0.29) is 23.7 Å². The lowest BCUT2D eigenvalue weighted by Gasteiger charge is -2.09. The molecule has 30 heavy (non-hydrogen) atoms. The van der Waals surface area contributed by atoms with Crippen LogP contribution in [0.2, 0.25) is 0 Å². The molecule has 0 spiro atoms. The number of thiazole rings is 1. The number of carbonyl (C=O) groups is 1. The second-order valence-electron chi connectivity index (χ2n) is 6.31. The molecular formula is C21H21FN2O4S2. The summed E-state index contributed by atoms with van der Waals surface area (Å²) in [7, 11) is -3.45. The number of hydrogen-bond donors (Lipinski definition) is 1. The maximum absolute atomic E-state index is 13.7. The SMILES string of the molecule is CCOC(=O)Cc1sc(Nc2ccccc2S(=O)(=O)CC)nc1-c1cccc(F)c1. The highest BCUT2D eigenvalue weighted by Gasteiger charge is 2.20. The van der Waals surface area contributed by atoms with Crippen molar-refractivity contribution in [2.75, 3.05) is 17.7 Å². The molecule has 0 aliphatic carbocycles. The number of benzene rings is 2. The number of esters is 1. The van der Waals surface area contributed by atoms with Crippen LogP contribution >= 0.6 is 11.3 Å². The van der Waals surface area contributed by atoms with Gasteiger partial charge in [-0.05, 0) is 31.2 Å². The number of halogens is 1. The number of aromatic nitrogens is 1. The second-order valence-corrected chi connectivity index (χ2v) is 9.64. The topological polar surface area (TPSA) is 85.4 Å². The molecule has 0 fully saturated rings. The monoisotopic (exact) mass is 448 g/mol. The summed E-state index contributed by atoms with van der Waals surface area (Å²) in [4.78, 5) is 17.3. The quantitative estimate of drug-likeness (QED) is 0.507. The van der Waals surface area contributed by atoms with Crippen molar-refractivity contribution in [2.24, 2.45) is 0 Å². The van der Waals surface area contributed by atoms with Crippen LogP contribution in [0.5, 0.6) is 0 Å². The van der Waals surface area contributed by atoms with Crippen LogP contribution in [0.1, 0.15) is 18.7 Å². The molecule has 0 saturated heterocycles. The van der Waals surface area contributed by atoms with Gasteiger partial charge in [0.05, 0.1) is 35.1 Å².